The van der Waals surface area contributed by atoms with Crippen molar-refractivity contribution in [2.75, 3.05) is 23.0 Å². The molecule has 2 aromatic carbocycles. The lowest BCUT2D eigenvalue weighted by atomic mass is 10.2. The first kappa shape index (κ1) is 21.3. The lowest BCUT2D eigenvalue weighted by molar-refractivity contribution is -0.116. The predicted octanol–water partition coefficient (Wildman–Crippen LogP) is 2.54. The van der Waals surface area contributed by atoms with Gasteiger partial charge in [0.05, 0.1) is 24.6 Å². The number of benzene rings is 2. The van der Waals surface area contributed by atoms with E-state index in [0.29, 0.717) is 10.4 Å². The number of methoxy groups -OCH3 is 1. The monoisotopic (exact) mass is 412 g/mol. The third kappa shape index (κ3) is 4.83. The molecule has 1 atom stereocenters. The minimum atomic E-state index is -4.00. The van der Waals surface area contributed by atoms with Crippen molar-refractivity contribution >= 4 is 33.3 Å². The first-order chi connectivity index (χ1) is 13.0. The molecule has 0 aliphatic heterocycles. The molecule has 0 aliphatic carbocycles. The molecule has 150 valence electrons. The normalized spacial score (nSPS) is 12.2. The van der Waals surface area contributed by atoms with Gasteiger partial charge in [-0.15, -0.1) is 0 Å². The summed E-state index contributed by atoms with van der Waals surface area (Å²) in [5, 5.41) is 2.49. The quantitative estimate of drug-likeness (QED) is 0.736. The van der Waals surface area contributed by atoms with E-state index in [2.05, 4.69) is 10.1 Å². The van der Waals surface area contributed by atoms with Crippen LogP contribution in [0.15, 0.2) is 42.5 Å². The molecular weight excluding hydrogens is 394 g/mol. The molecule has 0 heterocycles. The van der Waals surface area contributed by atoms with Gasteiger partial charge in [0.2, 0.25) is 15.9 Å². The number of esters is 1. The van der Waals surface area contributed by atoms with Gasteiger partial charge in [-0.05, 0) is 37.3 Å². The van der Waals surface area contributed by atoms with Gasteiger partial charge in [0.25, 0.3) is 0 Å². The maximum atomic E-state index is 13.6. The second-order valence-corrected chi connectivity index (χ2v) is 7.75. The average Bonchev–Trinajstić information content (AvgIpc) is 2.63. The third-order valence-electron chi connectivity index (χ3n) is 3.80. The summed E-state index contributed by atoms with van der Waals surface area (Å²) in [6.45, 7) is 1.29. The molecule has 0 spiro atoms. The summed E-state index contributed by atoms with van der Waals surface area (Å²) in [6, 6.07) is 7.08. The van der Waals surface area contributed by atoms with Gasteiger partial charge in [0, 0.05) is 11.8 Å². The van der Waals surface area contributed by atoms with Gasteiger partial charge in [0.15, 0.2) is 11.6 Å². The summed E-state index contributed by atoms with van der Waals surface area (Å²) in [5.41, 5.74) is 0.222. The summed E-state index contributed by atoms with van der Waals surface area (Å²) in [6.07, 6.45) is 0.843. The SMILES string of the molecule is COC(=O)c1cccc(NC(=O)[C@@H](C)N(c2ccc(F)c(F)c2)S(C)(=O)=O)c1. The van der Waals surface area contributed by atoms with Crippen LogP contribution >= 0.6 is 0 Å². The van der Waals surface area contributed by atoms with Crippen molar-refractivity contribution < 1.29 is 31.5 Å². The number of rotatable bonds is 6. The number of sulfonamides is 1. The topological polar surface area (TPSA) is 92.8 Å². The van der Waals surface area contributed by atoms with Crippen LogP contribution in [0.2, 0.25) is 0 Å². The van der Waals surface area contributed by atoms with E-state index in [9.17, 15) is 26.8 Å². The van der Waals surface area contributed by atoms with Gasteiger partial charge < -0.3 is 10.1 Å². The van der Waals surface area contributed by atoms with Gasteiger partial charge in [0.1, 0.15) is 6.04 Å². The fourth-order valence-corrected chi connectivity index (χ4v) is 3.69. The highest BCUT2D eigenvalue weighted by Gasteiger charge is 2.30. The van der Waals surface area contributed by atoms with Gasteiger partial charge in [-0.2, -0.15) is 0 Å². The molecular formula is C18H18F2N2O5S. The molecule has 10 heteroatoms. The maximum absolute atomic E-state index is 13.6. The van der Waals surface area contributed by atoms with E-state index in [1.54, 1.807) is 0 Å². The number of nitrogens with one attached hydrogen (secondary N) is 1. The highest BCUT2D eigenvalue weighted by atomic mass is 32.2. The number of nitrogens with zero attached hydrogens (tertiary/aromatic N) is 1. The van der Waals surface area contributed by atoms with E-state index >= 15 is 0 Å². The second kappa shape index (κ2) is 8.34. The molecule has 0 aromatic heterocycles. The van der Waals surface area contributed by atoms with Gasteiger partial charge in [-0.3, -0.25) is 9.10 Å². The van der Waals surface area contributed by atoms with Crippen molar-refractivity contribution in [2.24, 2.45) is 0 Å². The van der Waals surface area contributed by atoms with Crippen LogP contribution in [-0.2, 0) is 19.6 Å². The standard InChI is InChI=1S/C18H18F2N2O5S/c1-11(17(23)21-13-6-4-5-12(9-13)18(24)27-2)22(28(3,25)26)14-7-8-15(19)16(20)10-14/h4-11H,1-3H3,(H,21,23)/t11-/m1/s1. The molecule has 0 fully saturated rings. The number of carbonyl (C=O) groups excluding carboxylic acids is 2. The molecule has 0 bridgehead atoms. The number of hydrogen-bond acceptors (Lipinski definition) is 5. The van der Waals surface area contributed by atoms with Crippen molar-refractivity contribution in [2.45, 2.75) is 13.0 Å². The van der Waals surface area contributed by atoms with Crippen LogP contribution in [-0.4, -0.2) is 39.7 Å². The number of amides is 1. The molecule has 2 rings (SSSR count). The summed E-state index contributed by atoms with van der Waals surface area (Å²) in [5.74, 6) is -3.74. The fourth-order valence-electron chi connectivity index (χ4n) is 2.52. The Bertz CT molecular complexity index is 1010. The molecule has 1 amide bonds. The third-order valence-corrected chi connectivity index (χ3v) is 5.04. The minimum absolute atomic E-state index is 0.188. The van der Waals surface area contributed by atoms with Gasteiger partial charge in [-0.1, -0.05) is 6.07 Å². The first-order valence-corrected chi connectivity index (χ1v) is 9.83. The number of ether oxygens (including phenoxy) is 1. The van der Waals surface area contributed by atoms with E-state index in [1.165, 1.54) is 38.3 Å². The highest BCUT2D eigenvalue weighted by Crippen LogP contribution is 2.24. The zero-order chi connectivity index (χ0) is 21.1. The summed E-state index contributed by atoms with van der Waals surface area (Å²) in [4.78, 5) is 24.2. The van der Waals surface area contributed by atoms with E-state index in [4.69, 9.17) is 0 Å². The molecule has 0 saturated heterocycles. The van der Waals surface area contributed by atoms with Crippen molar-refractivity contribution in [3.05, 3.63) is 59.7 Å². The first-order valence-electron chi connectivity index (χ1n) is 7.98. The minimum Gasteiger partial charge on any atom is -0.465 e. The van der Waals surface area contributed by atoms with Crippen LogP contribution in [0.1, 0.15) is 17.3 Å². The lowest BCUT2D eigenvalue weighted by Gasteiger charge is -2.28. The smallest absolute Gasteiger partial charge is 0.337 e. The maximum Gasteiger partial charge on any atom is 0.337 e. The van der Waals surface area contributed by atoms with Crippen LogP contribution in [0, 0.1) is 11.6 Å². The Morgan fingerprint density at radius 2 is 1.79 bits per heavy atom. The lowest BCUT2D eigenvalue weighted by Crippen LogP contribution is -2.45. The molecule has 28 heavy (non-hydrogen) atoms. The Labute approximate surface area is 161 Å². The molecule has 2 aromatic rings. The zero-order valence-corrected chi connectivity index (χ0v) is 16.1. The predicted molar refractivity (Wildman–Crippen MR) is 99.6 cm³/mol. The van der Waals surface area contributed by atoms with Crippen LogP contribution in [0.4, 0.5) is 20.2 Å². The van der Waals surface area contributed by atoms with E-state index in [0.717, 1.165) is 18.4 Å². The number of anilines is 2. The van der Waals surface area contributed by atoms with E-state index < -0.39 is 39.6 Å². The summed E-state index contributed by atoms with van der Waals surface area (Å²) in [7, 11) is -2.79. The Morgan fingerprint density at radius 1 is 1.11 bits per heavy atom. The number of hydrogen-bond donors (Lipinski definition) is 1. The Hall–Kier alpha value is -3.01. The van der Waals surface area contributed by atoms with Gasteiger partial charge >= 0.3 is 5.97 Å². The molecule has 1 N–H and O–H groups in total. The Balaban J connectivity index is 2.32. The van der Waals surface area contributed by atoms with Crippen LogP contribution < -0.4 is 9.62 Å². The average molecular weight is 412 g/mol. The molecule has 0 radical (unpaired) electrons. The van der Waals surface area contributed by atoms with E-state index in [1.807, 2.05) is 0 Å². The second-order valence-electron chi connectivity index (χ2n) is 5.89. The molecule has 0 saturated carbocycles. The highest BCUT2D eigenvalue weighted by molar-refractivity contribution is 7.92. The Kier molecular flexibility index (Phi) is 6.34. The van der Waals surface area contributed by atoms with Crippen LogP contribution in [0.25, 0.3) is 0 Å². The zero-order valence-electron chi connectivity index (χ0n) is 15.3. The number of carbonyl (C=O) groups is 2. The molecule has 7 nitrogen and oxygen atoms in total. The van der Waals surface area contributed by atoms with Crippen molar-refractivity contribution in [1.82, 2.24) is 0 Å². The van der Waals surface area contributed by atoms with Crippen molar-refractivity contribution in [3.8, 4) is 0 Å². The van der Waals surface area contributed by atoms with Crippen LogP contribution in [0.5, 0.6) is 0 Å². The van der Waals surface area contributed by atoms with Crippen molar-refractivity contribution in [1.29, 1.82) is 0 Å². The molecule has 0 aliphatic rings. The van der Waals surface area contributed by atoms with Gasteiger partial charge in [-0.25, -0.2) is 22.0 Å². The Morgan fingerprint density at radius 3 is 2.36 bits per heavy atom. The fraction of sp³-hybridized carbons (Fsp3) is 0.222. The molecule has 0 unspecified atom stereocenters. The summed E-state index contributed by atoms with van der Waals surface area (Å²) < 4.78 is 56.4. The van der Waals surface area contributed by atoms with Crippen molar-refractivity contribution in [3.63, 3.8) is 0 Å². The van der Waals surface area contributed by atoms with E-state index in [-0.39, 0.29) is 16.9 Å². The summed E-state index contributed by atoms with van der Waals surface area (Å²) >= 11 is 0. The number of halogens is 2. The van der Waals surface area contributed by atoms with Crippen LogP contribution in [0.3, 0.4) is 0 Å². The largest absolute Gasteiger partial charge is 0.465 e.